The maximum Gasteiger partial charge on any atom is 0.231 e. The third kappa shape index (κ3) is 4.80. The van der Waals surface area contributed by atoms with Crippen molar-refractivity contribution in [2.24, 2.45) is 0 Å². The molecule has 4 heterocycles. The van der Waals surface area contributed by atoms with Gasteiger partial charge in [0.05, 0.1) is 12.6 Å². The molecule has 0 radical (unpaired) electrons. The first-order valence-corrected chi connectivity index (χ1v) is 12.8. The Morgan fingerprint density at radius 1 is 0.943 bits per heavy atom. The SMILES string of the molecule is Cc1ccc([C@H](c2nnnn2Cc2cccs2)N2CCN(Cc3ccc4c(c3)OCO4)CC2)cc1. The van der Waals surface area contributed by atoms with Gasteiger partial charge in [-0.3, -0.25) is 9.80 Å². The number of aryl methyl sites for hydroxylation is 1. The summed E-state index contributed by atoms with van der Waals surface area (Å²) in [6, 6.07) is 19.2. The standard InChI is InChI=1S/C26H28N6O2S/c1-19-4-7-21(8-5-19)25(26-27-28-29-32(26)17-22-3-2-14-35-22)31-12-10-30(11-13-31)16-20-6-9-23-24(15-20)34-18-33-23/h2-9,14-15,25H,10-13,16-18H2,1H3/t25-/m1/s1. The van der Waals surface area contributed by atoms with Gasteiger partial charge < -0.3 is 9.47 Å². The Balaban J connectivity index is 1.20. The number of hydrogen-bond acceptors (Lipinski definition) is 8. The quantitative estimate of drug-likeness (QED) is 0.393. The second-order valence-corrected chi connectivity index (χ2v) is 10.1. The lowest BCUT2D eigenvalue weighted by molar-refractivity contribution is 0.100. The van der Waals surface area contributed by atoms with E-state index in [2.05, 4.69) is 86.2 Å². The topological polar surface area (TPSA) is 68.5 Å². The predicted molar refractivity (Wildman–Crippen MR) is 134 cm³/mol. The molecule has 35 heavy (non-hydrogen) atoms. The molecule has 2 aromatic heterocycles. The highest BCUT2D eigenvalue weighted by molar-refractivity contribution is 7.09. The average Bonchev–Trinajstić information content (AvgIpc) is 3.65. The van der Waals surface area contributed by atoms with Crippen molar-refractivity contribution in [2.45, 2.75) is 26.1 Å². The van der Waals surface area contributed by atoms with Crippen LogP contribution in [0.3, 0.4) is 0 Å². The molecule has 1 fully saturated rings. The molecule has 2 aromatic carbocycles. The maximum absolute atomic E-state index is 5.55. The van der Waals surface area contributed by atoms with Gasteiger partial charge in [-0.15, -0.1) is 16.4 Å². The highest BCUT2D eigenvalue weighted by Crippen LogP contribution is 2.33. The van der Waals surface area contributed by atoms with Crippen molar-refractivity contribution in [3.05, 3.63) is 87.4 Å². The molecule has 0 spiro atoms. The van der Waals surface area contributed by atoms with Gasteiger partial charge in [0, 0.05) is 37.6 Å². The Bertz CT molecular complexity index is 1270. The van der Waals surface area contributed by atoms with Crippen molar-refractivity contribution < 1.29 is 9.47 Å². The smallest absolute Gasteiger partial charge is 0.231 e. The van der Waals surface area contributed by atoms with E-state index in [1.807, 2.05) is 10.7 Å². The minimum atomic E-state index is 0.0123. The zero-order valence-corrected chi connectivity index (χ0v) is 20.5. The molecule has 180 valence electrons. The average molecular weight is 489 g/mol. The Hall–Kier alpha value is -3.27. The van der Waals surface area contributed by atoms with Crippen molar-refractivity contribution in [1.82, 2.24) is 30.0 Å². The molecule has 1 saturated heterocycles. The number of piperazine rings is 1. The molecule has 9 heteroatoms. The molecule has 0 amide bonds. The molecule has 0 aliphatic carbocycles. The summed E-state index contributed by atoms with van der Waals surface area (Å²) in [6.45, 7) is 7.84. The summed E-state index contributed by atoms with van der Waals surface area (Å²) in [5.74, 6) is 2.57. The second-order valence-electron chi connectivity index (χ2n) is 9.09. The predicted octanol–water partition coefficient (Wildman–Crippen LogP) is 3.73. The minimum absolute atomic E-state index is 0.0123. The molecular weight excluding hydrogens is 460 g/mol. The largest absolute Gasteiger partial charge is 0.454 e. The summed E-state index contributed by atoms with van der Waals surface area (Å²) >= 11 is 1.73. The van der Waals surface area contributed by atoms with Crippen LogP contribution in [0.4, 0.5) is 0 Å². The van der Waals surface area contributed by atoms with Crippen LogP contribution in [0.5, 0.6) is 11.5 Å². The Kier molecular flexibility index (Phi) is 6.20. The molecule has 0 bridgehead atoms. The van der Waals surface area contributed by atoms with E-state index < -0.39 is 0 Å². The van der Waals surface area contributed by atoms with Crippen molar-refractivity contribution in [3.8, 4) is 11.5 Å². The Morgan fingerprint density at radius 2 is 1.77 bits per heavy atom. The summed E-state index contributed by atoms with van der Waals surface area (Å²) in [4.78, 5) is 6.25. The number of benzene rings is 2. The van der Waals surface area contributed by atoms with Crippen LogP contribution in [0.15, 0.2) is 60.0 Å². The van der Waals surface area contributed by atoms with E-state index in [1.54, 1.807) is 11.3 Å². The van der Waals surface area contributed by atoms with Gasteiger partial charge in [-0.2, -0.15) is 0 Å². The highest BCUT2D eigenvalue weighted by atomic mass is 32.1. The third-order valence-electron chi connectivity index (χ3n) is 6.70. The van der Waals surface area contributed by atoms with Crippen LogP contribution in [0.1, 0.15) is 33.4 Å². The first kappa shape index (κ1) is 22.2. The summed E-state index contributed by atoms with van der Waals surface area (Å²) in [6.07, 6.45) is 0. The first-order valence-electron chi connectivity index (χ1n) is 11.9. The summed E-state index contributed by atoms with van der Waals surface area (Å²) in [5, 5.41) is 15.0. The van der Waals surface area contributed by atoms with Crippen LogP contribution in [-0.2, 0) is 13.1 Å². The van der Waals surface area contributed by atoms with Crippen LogP contribution in [0.2, 0.25) is 0 Å². The van der Waals surface area contributed by atoms with Crippen LogP contribution < -0.4 is 9.47 Å². The first-order chi connectivity index (χ1) is 17.2. The van der Waals surface area contributed by atoms with Gasteiger partial charge in [0.1, 0.15) is 0 Å². The molecule has 0 N–H and O–H groups in total. The lowest BCUT2D eigenvalue weighted by atomic mass is 10.0. The fraction of sp³-hybridized carbons (Fsp3) is 0.346. The van der Waals surface area contributed by atoms with Crippen LogP contribution in [0, 0.1) is 6.92 Å². The molecule has 1 atom stereocenters. The number of nitrogens with zero attached hydrogens (tertiary/aromatic N) is 6. The highest BCUT2D eigenvalue weighted by Gasteiger charge is 2.31. The molecule has 4 aromatic rings. The molecule has 0 unspecified atom stereocenters. The van der Waals surface area contributed by atoms with Gasteiger partial charge in [-0.25, -0.2) is 4.68 Å². The van der Waals surface area contributed by atoms with E-state index >= 15 is 0 Å². The van der Waals surface area contributed by atoms with E-state index in [9.17, 15) is 0 Å². The number of rotatable bonds is 7. The monoisotopic (exact) mass is 488 g/mol. The second kappa shape index (κ2) is 9.77. The van der Waals surface area contributed by atoms with Crippen molar-refractivity contribution >= 4 is 11.3 Å². The maximum atomic E-state index is 5.55. The van der Waals surface area contributed by atoms with Gasteiger partial charge in [0.15, 0.2) is 17.3 Å². The fourth-order valence-corrected chi connectivity index (χ4v) is 5.51. The number of fused-ring (bicyclic) bond motifs is 1. The molecule has 2 aliphatic rings. The van der Waals surface area contributed by atoms with Crippen LogP contribution in [-0.4, -0.2) is 63.0 Å². The van der Waals surface area contributed by atoms with Crippen LogP contribution >= 0.6 is 11.3 Å². The number of tetrazole rings is 1. The van der Waals surface area contributed by atoms with Crippen molar-refractivity contribution in [2.75, 3.05) is 33.0 Å². The van der Waals surface area contributed by atoms with Crippen molar-refractivity contribution in [1.29, 1.82) is 0 Å². The van der Waals surface area contributed by atoms with E-state index in [1.165, 1.54) is 21.6 Å². The van der Waals surface area contributed by atoms with E-state index in [0.717, 1.165) is 50.0 Å². The lowest BCUT2D eigenvalue weighted by Gasteiger charge is -2.39. The minimum Gasteiger partial charge on any atom is -0.454 e. The summed E-state index contributed by atoms with van der Waals surface area (Å²) < 4.78 is 13.0. The zero-order valence-electron chi connectivity index (χ0n) is 19.7. The summed E-state index contributed by atoms with van der Waals surface area (Å²) in [5.41, 5.74) is 3.72. The van der Waals surface area contributed by atoms with Crippen molar-refractivity contribution in [3.63, 3.8) is 0 Å². The number of ether oxygens (including phenoxy) is 2. The normalized spacial score (nSPS) is 17.1. The Labute approximate surface area is 208 Å². The van der Waals surface area contributed by atoms with Gasteiger partial charge in [-0.05, 0) is 52.1 Å². The van der Waals surface area contributed by atoms with Gasteiger partial charge in [-0.1, -0.05) is 42.0 Å². The van der Waals surface area contributed by atoms with E-state index in [-0.39, 0.29) is 6.04 Å². The zero-order chi connectivity index (χ0) is 23.6. The summed E-state index contributed by atoms with van der Waals surface area (Å²) in [7, 11) is 0. The molecule has 0 saturated carbocycles. The van der Waals surface area contributed by atoms with Gasteiger partial charge >= 0.3 is 0 Å². The van der Waals surface area contributed by atoms with Gasteiger partial charge in [0.25, 0.3) is 0 Å². The van der Waals surface area contributed by atoms with Crippen LogP contribution in [0.25, 0.3) is 0 Å². The fourth-order valence-electron chi connectivity index (χ4n) is 4.82. The van der Waals surface area contributed by atoms with E-state index in [0.29, 0.717) is 13.3 Å². The molecular formula is C26H28N6O2S. The van der Waals surface area contributed by atoms with Gasteiger partial charge in [0.2, 0.25) is 6.79 Å². The third-order valence-corrected chi connectivity index (χ3v) is 7.56. The number of hydrogen-bond donors (Lipinski definition) is 0. The number of aromatic nitrogens is 4. The molecule has 6 rings (SSSR count). The lowest BCUT2D eigenvalue weighted by Crippen LogP contribution is -2.48. The molecule has 2 aliphatic heterocycles. The Morgan fingerprint density at radius 3 is 2.57 bits per heavy atom. The molecule has 8 nitrogen and oxygen atoms in total. The number of thiophene rings is 1. The van der Waals surface area contributed by atoms with E-state index in [4.69, 9.17) is 9.47 Å².